The summed E-state index contributed by atoms with van der Waals surface area (Å²) in [6.07, 6.45) is 4.37. The Morgan fingerprint density at radius 2 is 2.29 bits per heavy atom. The van der Waals surface area contributed by atoms with Crippen LogP contribution in [0.3, 0.4) is 0 Å². The van der Waals surface area contributed by atoms with Crippen molar-refractivity contribution in [1.29, 1.82) is 0 Å². The van der Waals surface area contributed by atoms with Gasteiger partial charge in [-0.15, -0.1) is 0 Å². The van der Waals surface area contributed by atoms with Gasteiger partial charge in [-0.3, -0.25) is 5.10 Å². The van der Waals surface area contributed by atoms with E-state index < -0.39 is 5.60 Å². The Bertz CT molecular complexity index is 547. The number of fused-ring (bicyclic) bond motifs is 1. The van der Waals surface area contributed by atoms with Crippen LogP contribution in [-0.4, -0.2) is 37.4 Å². The highest BCUT2D eigenvalue weighted by atomic mass is 16.3. The van der Waals surface area contributed by atoms with Gasteiger partial charge in [0.25, 0.3) is 0 Å². The summed E-state index contributed by atoms with van der Waals surface area (Å²) in [4.78, 5) is 8.14. The Morgan fingerprint density at radius 3 is 3.00 bits per heavy atom. The lowest BCUT2D eigenvalue weighted by atomic mass is 9.80. The maximum atomic E-state index is 10.0. The molecule has 5 N–H and O–H groups in total. The monoisotopic (exact) mass is 234 g/mol. The number of aliphatic hydroxyl groups is 1. The highest BCUT2D eigenvalue weighted by Gasteiger charge is 2.34. The molecule has 2 heterocycles. The van der Waals surface area contributed by atoms with Gasteiger partial charge >= 0.3 is 0 Å². The van der Waals surface area contributed by atoms with E-state index in [0.29, 0.717) is 18.0 Å². The van der Waals surface area contributed by atoms with Gasteiger partial charge in [-0.1, -0.05) is 0 Å². The number of nitrogens with one attached hydrogen (secondary N) is 2. The van der Waals surface area contributed by atoms with Crippen molar-refractivity contribution in [3.05, 3.63) is 6.20 Å². The van der Waals surface area contributed by atoms with Crippen molar-refractivity contribution < 1.29 is 5.11 Å². The molecule has 1 aliphatic rings. The Kier molecular flexibility index (Phi) is 2.15. The molecule has 0 amide bonds. The van der Waals surface area contributed by atoms with E-state index in [1.807, 2.05) is 0 Å². The molecule has 0 radical (unpaired) electrons. The minimum atomic E-state index is -0.601. The first-order valence-electron chi connectivity index (χ1n) is 5.59. The van der Waals surface area contributed by atoms with Crippen LogP contribution < -0.4 is 11.1 Å². The second-order valence-electron chi connectivity index (χ2n) is 4.49. The number of hydrogen-bond acceptors (Lipinski definition) is 6. The van der Waals surface area contributed by atoms with Gasteiger partial charge in [0.05, 0.1) is 17.2 Å². The molecule has 0 aromatic carbocycles. The predicted molar refractivity (Wildman–Crippen MR) is 63.4 cm³/mol. The van der Waals surface area contributed by atoms with Crippen molar-refractivity contribution in [3.8, 4) is 0 Å². The molecule has 1 saturated carbocycles. The van der Waals surface area contributed by atoms with Gasteiger partial charge in [0.15, 0.2) is 5.65 Å². The topological polar surface area (TPSA) is 113 Å². The first kappa shape index (κ1) is 10.3. The molecule has 0 atom stereocenters. The normalized spacial score (nSPS) is 17.9. The fraction of sp³-hybridized carbons (Fsp3) is 0.500. The first-order chi connectivity index (χ1) is 8.16. The predicted octanol–water partition coefficient (Wildman–Crippen LogP) is 0.262. The van der Waals surface area contributed by atoms with Crippen molar-refractivity contribution in [3.63, 3.8) is 0 Å². The molecule has 7 heteroatoms. The summed E-state index contributed by atoms with van der Waals surface area (Å²) in [6.45, 7) is 0.476. The van der Waals surface area contributed by atoms with Gasteiger partial charge in [-0.05, 0) is 19.3 Å². The van der Waals surface area contributed by atoms with Gasteiger partial charge in [0.1, 0.15) is 5.82 Å². The summed E-state index contributed by atoms with van der Waals surface area (Å²) in [5.41, 5.74) is 5.59. The maximum absolute atomic E-state index is 10.0. The number of aromatic amines is 1. The van der Waals surface area contributed by atoms with Crippen LogP contribution >= 0.6 is 0 Å². The lowest BCUT2D eigenvalue weighted by molar-refractivity contribution is -0.0202. The Labute approximate surface area is 97.5 Å². The number of hydrogen-bond donors (Lipinski definition) is 4. The Morgan fingerprint density at radius 1 is 1.47 bits per heavy atom. The zero-order valence-corrected chi connectivity index (χ0v) is 9.27. The van der Waals surface area contributed by atoms with Crippen LogP contribution in [0.1, 0.15) is 19.3 Å². The van der Waals surface area contributed by atoms with E-state index in [4.69, 9.17) is 5.73 Å². The molecule has 1 fully saturated rings. The summed E-state index contributed by atoms with van der Waals surface area (Å²) in [6, 6.07) is 0. The van der Waals surface area contributed by atoms with E-state index in [2.05, 4.69) is 25.5 Å². The quantitative estimate of drug-likeness (QED) is 0.606. The summed E-state index contributed by atoms with van der Waals surface area (Å²) in [5, 5.41) is 20.5. The van der Waals surface area contributed by atoms with E-state index >= 15 is 0 Å². The SMILES string of the molecule is Nc1nc(NCC2(O)CCC2)c2cn[nH]c2n1. The van der Waals surface area contributed by atoms with Crippen LogP contribution in [-0.2, 0) is 0 Å². The van der Waals surface area contributed by atoms with Crippen molar-refractivity contribution >= 4 is 22.8 Å². The van der Waals surface area contributed by atoms with Crippen molar-refractivity contribution in [2.75, 3.05) is 17.6 Å². The molecule has 17 heavy (non-hydrogen) atoms. The molecule has 0 bridgehead atoms. The molecule has 90 valence electrons. The lowest BCUT2D eigenvalue weighted by Crippen LogP contribution is -2.43. The highest BCUT2D eigenvalue weighted by molar-refractivity contribution is 5.86. The van der Waals surface area contributed by atoms with Crippen LogP contribution in [0.4, 0.5) is 11.8 Å². The summed E-state index contributed by atoms with van der Waals surface area (Å²) in [5.74, 6) is 0.798. The van der Waals surface area contributed by atoms with Crippen LogP contribution in [0.5, 0.6) is 0 Å². The molecule has 0 spiro atoms. The Balaban J connectivity index is 1.86. The standard InChI is InChI=1S/C10H14N6O/c11-9-14-7(6-4-13-16-8(6)15-9)12-5-10(17)2-1-3-10/h4,17H,1-3,5H2,(H4,11,12,13,14,15,16). The number of aromatic nitrogens is 4. The third-order valence-electron chi connectivity index (χ3n) is 3.20. The number of nitrogens with zero attached hydrogens (tertiary/aromatic N) is 3. The number of anilines is 2. The summed E-state index contributed by atoms with van der Waals surface area (Å²) >= 11 is 0. The average molecular weight is 234 g/mol. The third kappa shape index (κ3) is 1.78. The van der Waals surface area contributed by atoms with Crippen LogP contribution in [0.2, 0.25) is 0 Å². The molecule has 2 aromatic heterocycles. The highest BCUT2D eigenvalue weighted by Crippen LogP contribution is 2.32. The lowest BCUT2D eigenvalue weighted by Gasteiger charge is -2.36. The molecular formula is C10H14N6O. The fourth-order valence-corrected chi connectivity index (χ4v) is 2.00. The minimum absolute atomic E-state index is 0.185. The molecule has 0 unspecified atom stereocenters. The van der Waals surface area contributed by atoms with Crippen LogP contribution in [0, 0.1) is 0 Å². The second-order valence-corrected chi connectivity index (χ2v) is 4.49. The first-order valence-corrected chi connectivity index (χ1v) is 5.59. The molecule has 3 rings (SSSR count). The van der Waals surface area contributed by atoms with Gasteiger partial charge in [-0.25, -0.2) is 0 Å². The fourth-order valence-electron chi connectivity index (χ4n) is 2.00. The zero-order chi connectivity index (χ0) is 11.9. The van der Waals surface area contributed by atoms with Crippen molar-refractivity contribution in [2.45, 2.75) is 24.9 Å². The van der Waals surface area contributed by atoms with E-state index in [-0.39, 0.29) is 5.95 Å². The van der Waals surface area contributed by atoms with Gasteiger partial charge in [-0.2, -0.15) is 15.1 Å². The van der Waals surface area contributed by atoms with E-state index in [1.54, 1.807) is 6.20 Å². The van der Waals surface area contributed by atoms with E-state index in [9.17, 15) is 5.11 Å². The zero-order valence-electron chi connectivity index (χ0n) is 9.27. The van der Waals surface area contributed by atoms with Crippen LogP contribution in [0.15, 0.2) is 6.20 Å². The average Bonchev–Trinajstić information content (AvgIpc) is 2.71. The van der Waals surface area contributed by atoms with E-state index in [0.717, 1.165) is 24.6 Å². The molecule has 2 aromatic rings. The molecule has 0 saturated heterocycles. The second kappa shape index (κ2) is 3.56. The summed E-state index contributed by atoms with van der Waals surface area (Å²) in [7, 11) is 0. The van der Waals surface area contributed by atoms with E-state index in [1.165, 1.54) is 0 Å². The number of nitrogens with two attached hydrogens (primary N) is 1. The number of nitrogen functional groups attached to an aromatic ring is 1. The summed E-state index contributed by atoms with van der Waals surface area (Å²) < 4.78 is 0. The maximum Gasteiger partial charge on any atom is 0.224 e. The molecule has 0 aliphatic heterocycles. The van der Waals surface area contributed by atoms with Gasteiger partial charge < -0.3 is 16.2 Å². The molecule has 7 nitrogen and oxygen atoms in total. The smallest absolute Gasteiger partial charge is 0.224 e. The number of rotatable bonds is 3. The van der Waals surface area contributed by atoms with Crippen molar-refractivity contribution in [1.82, 2.24) is 20.2 Å². The minimum Gasteiger partial charge on any atom is -0.388 e. The van der Waals surface area contributed by atoms with Crippen molar-refractivity contribution in [2.24, 2.45) is 0 Å². The third-order valence-corrected chi connectivity index (χ3v) is 3.20. The molecule has 1 aliphatic carbocycles. The van der Waals surface area contributed by atoms with Crippen LogP contribution in [0.25, 0.3) is 11.0 Å². The molecular weight excluding hydrogens is 220 g/mol. The largest absolute Gasteiger partial charge is 0.388 e. The Hall–Kier alpha value is -1.89. The van der Waals surface area contributed by atoms with Gasteiger partial charge in [0.2, 0.25) is 5.95 Å². The number of H-pyrrole nitrogens is 1. The van der Waals surface area contributed by atoms with Gasteiger partial charge in [0, 0.05) is 6.54 Å².